The predicted molar refractivity (Wildman–Crippen MR) is 112 cm³/mol. The molecule has 0 aromatic carbocycles. The Kier molecular flexibility index (Phi) is 5.60. The van der Waals surface area contributed by atoms with Crippen LogP contribution in [0.2, 0.25) is 0 Å². The van der Waals surface area contributed by atoms with Gasteiger partial charge in [-0.1, -0.05) is 0 Å². The predicted octanol–water partition coefficient (Wildman–Crippen LogP) is 0.947. The molecule has 2 atom stereocenters. The molecular formula is C19H27N5O2S2. The van der Waals surface area contributed by atoms with Gasteiger partial charge in [-0.2, -0.15) is 5.10 Å². The SMILES string of the molecule is O=C(C1=NNC2c3ccsc3SCC12)N1CCN(CCN2CCOCC2)CC1. The first-order valence-corrected chi connectivity index (χ1v) is 12.0. The van der Waals surface area contributed by atoms with Crippen molar-refractivity contribution in [2.24, 2.45) is 11.0 Å². The van der Waals surface area contributed by atoms with E-state index in [4.69, 9.17) is 4.74 Å². The summed E-state index contributed by atoms with van der Waals surface area (Å²) in [6.07, 6.45) is 0. The van der Waals surface area contributed by atoms with E-state index in [0.29, 0.717) is 0 Å². The Labute approximate surface area is 174 Å². The summed E-state index contributed by atoms with van der Waals surface area (Å²) in [7, 11) is 0. The molecule has 1 aromatic heterocycles. The maximum Gasteiger partial charge on any atom is 0.270 e. The molecule has 0 radical (unpaired) electrons. The molecule has 1 aromatic rings. The third-order valence-corrected chi connectivity index (χ3v) is 8.57. The summed E-state index contributed by atoms with van der Waals surface area (Å²) in [4.78, 5) is 20.1. The van der Waals surface area contributed by atoms with Gasteiger partial charge in [-0.15, -0.1) is 23.1 Å². The summed E-state index contributed by atoms with van der Waals surface area (Å²) in [6, 6.07) is 2.35. The molecule has 0 bridgehead atoms. The fourth-order valence-corrected chi connectivity index (χ4v) is 6.76. The lowest BCUT2D eigenvalue weighted by Gasteiger charge is -2.37. The van der Waals surface area contributed by atoms with Crippen molar-refractivity contribution in [3.8, 4) is 0 Å². The monoisotopic (exact) mass is 421 g/mol. The number of nitrogens with zero attached hydrogens (tertiary/aromatic N) is 4. The molecule has 4 aliphatic rings. The molecule has 28 heavy (non-hydrogen) atoms. The quantitative estimate of drug-likeness (QED) is 0.781. The highest BCUT2D eigenvalue weighted by Crippen LogP contribution is 2.45. The van der Waals surface area contributed by atoms with Crippen LogP contribution in [0.3, 0.4) is 0 Å². The number of rotatable bonds is 4. The Bertz CT molecular complexity index is 740. The second kappa shape index (κ2) is 8.31. The second-order valence-corrected chi connectivity index (χ2v) is 9.98. The zero-order chi connectivity index (χ0) is 18.9. The number of thiophene rings is 1. The van der Waals surface area contributed by atoms with Crippen LogP contribution < -0.4 is 5.43 Å². The van der Waals surface area contributed by atoms with Gasteiger partial charge in [0.2, 0.25) is 0 Å². The standard InChI is InChI=1S/C19H27N5O2S2/c25-18(17-15-13-28-19-14(1-12-27-19)16(15)20-21-17)24-6-4-22(5-7-24)2-3-23-8-10-26-11-9-23/h1,12,15-16,20H,2-11,13H2. The van der Waals surface area contributed by atoms with Crippen molar-refractivity contribution in [3.05, 3.63) is 17.0 Å². The molecule has 1 amide bonds. The average Bonchev–Trinajstić information content (AvgIpc) is 3.39. The van der Waals surface area contributed by atoms with E-state index in [1.54, 1.807) is 11.3 Å². The van der Waals surface area contributed by atoms with Crippen LogP contribution in [-0.4, -0.2) is 97.6 Å². The average molecular weight is 422 g/mol. The summed E-state index contributed by atoms with van der Waals surface area (Å²) in [6.45, 7) is 9.46. The number of hydrogen-bond donors (Lipinski definition) is 1. The lowest BCUT2D eigenvalue weighted by atomic mass is 9.92. The maximum absolute atomic E-state index is 13.1. The minimum Gasteiger partial charge on any atom is -0.379 e. The van der Waals surface area contributed by atoms with E-state index in [1.807, 2.05) is 16.7 Å². The van der Waals surface area contributed by atoms with Crippen molar-refractivity contribution < 1.29 is 9.53 Å². The summed E-state index contributed by atoms with van der Waals surface area (Å²) >= 11 is 3.65. The molecular weight excluding hydrogens is 394 g/mol. The fourth-order valence-electron chi connectivity index (χ4n) is 4.40. The Balaban J connectivity index is 1.13. The summed E-state index contributed by atoms with van der Waals surface area (Å²) < 4.78 is 6.78. The lowest BCUT2D eigenvalue weighted by molar-refractivity contribution is -0.126. The Morgan fingerprint density at radius 3 is 2.68 bits per heavy atom. The Morgan fingerprint density at radius 1 is 1.14 bits per heavy atom. The number of thioether (sulfide) groups is 1. The van der Waals surface area contributed by atoms with E-state index in [1.165, 1.54) is 9.77 Å². The molecule has 2 unspecified atom stereocenters. The zero-order valence-corrected chi connectivity index (χ0v) is 17.6. The van der Waals surface area contributed by atoms with Crippen LogP contribution in [0, 0.1) is 5.92 Å². The third kappa shape index (κ3) is 3.70. The second-order valence-electron chi connectivity index (χ2n) is 7.77. The van der Waals surface area contributed by atoms with Crippen molar-refractivity contribution in [1.29, 1.82) is 0 Å². The lowest BCUT2D eigenvalue weighted by Crippen LogP contribution is -2.53. The number of hydrazone groups is 1. The van der Waals surface area contributed by atoms with Crippen LogP contribution in [0.15, 0.2) is 20.8 Å². The first-order valence-electron chi connectivity index (χ1n) is 10.1. The maximum atomic E-state index is 13.1. The van der Waals surface area contributed by atoms with Gasteiger partial charge in [0.05, 0.1) is 23.5 Å². The van der Waals surface area contributed by atoms with Gasteiger partial charge in [0.15, 0.2) is 0 Å². The summed E-state index contributed by atoms with van der Waals surface area (Å²) in [5.41, 5.74) is 5.29. The Hall–Kier alpha value is -1.13. The molecule has 5 rings (SSSR count). The molecule has 5 heterocycles. The molecule has 2 saturated heterocycles. The molecule has 0 aliphatic carbocycles. The highest BCUT2D eigenvalue weighted by Gasteiger charge is 2.42. The van der Waals surface area contributed by atoms with Gasteiger partial charge in [0.25, 0.3) is 5.91 Å². The highest BCUT2D eigenvalue weighted by atomic mass is 32.2. The number of morpholine rings is 1. The highest BCUT2D eigenvalue weighted by molar-refractivity contribution is 8.01. The molecule has 152 valence electrons. The van der Waals surface area contributed by atoms with E-state index in [-0.39, 0.29) is 17.9 Å². The number of fused-ring (bicyclic) bond motifs is 3. The van der Waals surface area contributed by atoms with Gasteiger partial charge < -0.3 is 15.1 Å². The van der Waals surface area contributed by atoms with E-state index in [2.05, 4.69) is 31.8 Å². The zero-order valence-electron chi connectivity index (χ0n) is 16.0. The molecule has 9 heteroatoms. The molecule has 2 fully saturated rings. The number of nitrogens with one attached hydrogen (secondary N) is 1. The molecule has 0 saturated carbocycles. The number of amides is 1. The normalized spacial score (nSPS) is 28.4. The smallest absolute Gasteiger partial charge is 0.270 e. The van der Waals surface area contributed by atoms with Crippen LogP contribution in [0.5, 0.6) is 0 Å². The third-order valence-electron chi connectivity index (χ3n) is 6.18. The molecule has 4 aliphatic heterocycles. The Morgan fingerprint density at radius 2 is 1.89 bits per heavy atom. The van der Waals surface area contributed by atoms with Crippen molar-refractivity contribution in [1.82, 2.24) is 20.1 Å². The van der Waals surface area contributed by atoms with Crippen LogP contribution in [0.25, 0.3) is 0 Å². The number of carbonyl (C=O) groups is 1. The minimum absolute atomic E-state index is 0.132. The number of piperazine rings is 1. The summed E-state index contributed by atoms with van der Waals surface area (Å²) in [5, 5.41) is 6.62. The topological polar surface area (TPSA) is 60.4 Å². The van der Waals surface area contributed by atoms with E-state index < -0.39 is 0 Å². The largest absolute Gasteiger partial charge is 0.379 e. The fraction of sp³-hybridized carbons (Fsp3) is 0.684. The van der Waals surface area contributed by atoms with Crippen LogP contribution in [-0.2, 0) is 9.53 Å². The van der Waals surface area contributed by atoms with Crippen molar-refractivity contribution in [2.45, 2.75) is 10.3 Å². The van der Waals surface area contributed by atoms with Gasteiger partial charge in [-0.25, -0.2) is 0 Å². The first kappa shape index (κ1) is 18.9. The molecule has 1 N–H and O–H groups in total. The van der Waals surface area contributed by atoms with Gasteiger partial charge in [-0.3, -0.25) is 14.6 Å². The number of hydrogen-bond acceptors (Lipinski definition) is 8. The minimum atomic E-state index is 0.132. The first-order chi connectivity index (χ1) is 13.8. The van der Waals surface area contributed by atoms with Crippen LogP contribution in [0.4, 0.5) is 0 Å². The molecule has 0 spiro atoms. The van der Waals surface area contributed by atoms with Gasteiger partial charge in [-0.05, 0) is 11.4 Å². The van der Waals surface area contributed by atoms with Crippen LogP contribution in [0.1, 0.15) is 11.6 Å². The summed E-state index contributed by atoms with van der Waals surface area (Å²) in [5.74, 6) is 1.26. The van der Waals surface area contributed by atoms with E-state index >= 15 is 0 Å². The van der Waals surface area contributed by atoms with E-state index in [0.717, 1.165) is 77.0 Å². The van der Waals surface area contributed by atoms with Crippen molar-refractivity contribution in [3.63, 3.8) is 0 Å². The van der Waals surface area contributed by atoms with Gasteiger partial charge in [0.1, 0.15) is 5.71 Å². The van der Waals surface area contributed by atoms with Gasteiger partial charge in [0, 0.05) is 69.6 Å². The van der Waals surface area contributed by atoms with Crippen molar-refractivity contribution >= 4 is 34.7 Å². The van der Waals surface area contributed by atoms with Crippen molar-refractivity contribution in [2.75, 3.05) is 71.3 Å². The van der Waals surface area contributed by atoms with Crippen LogP contribution >= 0.6 is 23.1 Å². The molecule has 7 nitrogen and oxygen atoms in total. The number of ether oxygens (including phenoxy) is 1. The van der Waals surface area contributed by atoms with E-state index in [9.17, 15) is 4.79 Å². The number of carbonyl (C=O) groups excluding carboxylic acids is 1. The van der Waals surface area contributed by atoms with Gasteiger partial charge >= 0.3 is 0 Å².